The van der Waals surface area contributed by atoms with Crippen LogP contribution in [-0.4, -0.2) is 25.8 Å². The first-order valence-electron chi connectivity index (χ1n) is 6.57. The van der Waals surface area contributed by atoms with Crippen LogP contribution in [0, 0.1) is 18.8 Å². The zero-order valence-corrected chi connectivity index (χ0v) is 14.0. The van der Waals surface area contributed by atoms with Crippen LogP contribution in [0.5, 0.6) is 0 Å². The van der Waals surface area contributed by atoms with Crippen molar-refractivity contribution in [1.82, 2.24) is 4.31 Å². The molecule has 19 heavy (non-hydrogen) atoms. The molecule has 5 heteroatoms. The summed E-state index contributed by atoms with van der Waals surface area (Å²) in [5.74, 6) is 0.852. The van der Waals surface area contributed by atoms with E-state index in [2.05, 4.69) is 29.8 Å². The Morgan fingerprint density at radius 1 is 1.21 bits per heavy atom. The molecule has 1 aliphatic heterocycles. The minimum atomic E-state index is -3.35. The molecule has 0 N–H and O–H groups in total. The predicted molar refractivity (Wildman–Crippen MR) is 80.6 cm³/mol. The summed E-state index contributed by atoms with van der Waals surface area (Å²) in [6.45, 7) is 7.39. The summed E-state index contributed by atoms with van der Waals surface area (Å²) in [4.78, 5) is 0.398. The Labute approximate surface area is 124 Å². The van der Waals surface area contributed by atoms with Crippen LogP contribution in [0.4, 0.5) is 0 Å². The Balaban J connectivity index is 2.33. The molecular weight excluding hydrogens is 326 g/mol. The number of rotatable bonds is 2. The van der Waals surface area contributed by atoms with Crippen molar-refractivity contribution in [3.63, 3.8) is 0 Å². The minimum Gasteiger partial charge on any atom is -0.207 e. The SMILES string of the molecule is Cc1cc(S(=O)(=O)N2C[C@H](C)C[C@H](C)C2)ccc1Br. The summed E-state index contributed by atoms with van der Waals surface area (Å²) < 4.78 is 27.9. The van der Waals surface area contributed by atoms with Crippen molar-refractivity contribution in [2.45, 2.75) is 32.1 Å². The van der Waals surface area contributed by atoms with Crippen molar-refractivity contribution in [2.24, 2.45) is 11.8 Å². The molecule has 106 valence electrons. The van der Waals surface area contributed by atoms with E-state index >= 15 is 0 Å². The number of aryl methyl sites for hydroxylation is 1. The molecule has 1 aromatic rings. The van der Waals surface area contributed by atoms with Gasteiger partial charge in [0.2, 0.25) is 10.0 Å². The topological polar surface area (TPSA) is 37.4 Å². The molecule has 0 amide bonds. The Kier molecular flexibility index (Phi) is 4.38. The molecule has 0 spiro atoms. The van der Waals surface area contributed by atoms with E-state index in [0.29, 0.717) is 29.8 Å². The highest BCUT2D eigenvalue weighted by Gasteiger charge is 2.31. The Hall–Kier alpha value is -0.390. The van der Waals surface area contributed by atoms with E-state index < -0.39 is 10.0 Å². The fourth-order valence-electron chi connectivity index (χ4n) is 2.73. The normalized spacial score (nSPS) is 25.5. The van der Waals surface area contributed by atoms with Crippen molar-refractivity contribution >= 4 is 26.0 Å². The van der Waals surface area contributed by atoms with Crippen LogP contribution in [0.15, 0.2) is 27.6 Å². The maximum absolute atomic E-state index is 12.7. The molecule has 0 unspecified atom stereocenters. The van der Waals surface area contributed by atoms with E-state index in [0.717, 1.165) is 16.5 Å². The first-order valence-corrected chi connectivity index (χ1v) is 8.80. The van der Waals surface area contributed by atoms with Crippen molar-refractivity contribution < 1.29 is 8.42 Å². The van der Waals surface area contributed by atoms with Gasteiger partial charge in [0.05, 0.1) is 4.90 Å². The largest absolute Gasteiger partial charge is 0.243 e. The monoisotopic (exact) mass is 345 g/mol. The quantitative estimate of drug-likeness (QED) is 0.823. The summed E-state index contributed by atoms with van der Waals surface area (Å²) in [5.41, 5.74) is 0.944. The summed E-state index contributed by atoms with van der Waals surface area (Å²) in [6.07, 6.45) is 1.10. The van der Waals surface area contributed by atoms with Crippen LogP contribution in [0.2, 0.25) is 0 Å². The van der Waals surface area contributed by atoms with Crippen LogP contribution in [0.1, 0.15) is 25.8 Å². The van der Waals surface area contributed by atoms with Crippen molar-refractivity contribution in [2.75, 3.05) is 13.1 Å². The Morgan fingerprint density at radius 2 is 1.79 bits per heavy atom. The standard InChI is InChI=1S/C14H20BrNO2S/c1-10-6-11(2)9-16(8-10)19(17,18)13-4-5-14(15)12(3)7-13/h4-5,7,10-11H,6,8-9H2,1-3H3/t10-,11+. The van der Waals surface area contributed by atoms with Gasteiger partial charge in [0.15, 0.2) is 0 Å². The highest BCUT2D eigenvalue weighted by Crippen LogP contribution is 2.28. The first kappa shape index (κ1) is 15.0. The Morgan fingerprint density at radius 3 is 2.32 bits per heavy atom. The zero-order valence-electron chi connectivity index (χ0n) is 11.6. The predicted octanol–water partition coefficient (Wildman–Crippen LogP) is 3.42. The second kappa shape index (κ2) is 5.54. The van der Waals surface area contributed by atoms with Gasteiger partial charge in [-0.3, -0.25) is 0 Å². The van der Waals surface area contributed by atoms with Gasteiger partial charge in [0, 0.05) is 17.6 Å². The smallest absolute Gasteiger partial charge is 0.207 e. The summed E-state index contributed by atoms with van der Waals surface area (Å²) >= 11 is 3.40. The summed E-state index contributed by atoms with van der Waals surface area (Å²) in [6, 6.07) is 5.22. The van der Waals surface area contributed by atoms with E-state index in [1.54, 1.807) is 22.5 Å². The summed E-state index contributed by atoms with van der Waals surface area (Å²) in [5, 5.41) is 0. The third kappa shape index (κ3) is 3.20. The molecule has 0 radical (unpaired) electrons. The lowest BCUT2D eigenvalue weighted by atomic mass is 9.94. The van der Waals surface area contributed by atoms with Crippen LogP contribution in [0.3, 0.4) is 0 Å². The van der Waals surface area contributed by atoms with Gasteiger partial charge >= 0.3 is 0 Å². The molecular formula is C14H20BrNO2S. The van der Waals surface area contributed by atoms with Gasteiger partial charge in [-0.2, -0.15) is 4.31 Å². The molecule has 0 aliphatic carbocycles. The van der Waals surface area contributed by atoms with Gasteiger partial charge in [-0.1, -0.05) is 29.8 Å². The van der Waals surface area contributed by atoms with Gasteiger partial charge in [-0.05, 0) is 48.9 Å². The van der Waals surface area contributed by atoms with Crippen molar-refractivity contribution in [3.05, 3.63) is 28.2 Å². The molecule has 1 aliphatic rings. The van der Waals surface area contributed by atoms with Gasteiger partial charge in [-0.15, -0.1) is 0 Å². The lowest BCUT2D eigenvalue weighted by Gasteiger charge is -2.34. The maximum atomic E-state index is 12.7. The lowest BCUT2D eigenvalue weighted by molar-refractivity contribution is 0.222. The lowest BCUT2D eigenvalue weighted by Crippen LogP contribution is -2.42. The molecule has 0 saturated carbocycles. The van der Waals surface area contributed by atoms with Gasteiger partial charge in [0.1, 0.15) is 0 Å². The number of hydrogen-bond acceptors (Lipinski definition) is 2. The maximum Gasteiger partial charge on any atom is 0.243 e. The average Bonchev–Trinajstić information content (AvgIpc) is 2.31. The number of piperidine rings is 1. The fourth-order valence-corrected chi connectivity index (χ4v) is 4.74. The highest BCUT2D eigenvalue weighted by atomic mass is 79.9. The van der Waals surface area contributed by atoms with Crippen LogP contribution in [-0.2, 0) is 10.0 Å². The van der Waals surface area contributed by atoms with E-state index in [1.165, 1.54) is 0 Å². The van der Waals surface area contributed by atoms with E-state index in [4.69, 9.17) is 0 Å². The minimum absolute atomic E-state index is 0.398. The molecule has 0 bridgehead atoms. The van der Waals surface area contributed by atoms with Crippen LogP contribution < -0.4 is 0 Å². The first-order chi connectivity index (χ1) is 8.80. The van der Waals surface area contributed by atoms with Crippen molar-refractivity contribution in [1.29, 1.82) is 0 Å². The van der Waals surface area contributed by atoms with Gasteiger partial charge < -0.3 is 0 Å². The van der Waals surface area contributed by atoms with Crippen LogP contribution in [0.25, 0.3) is 0 Å². The number of benzene rings is 1. The van der Waals surface area contributed by atoms with E-state index in [1.807, 2.05) is 6.92 Å². The summed E-state index contributed by atoms with van der Waals surface area (Å²) in [7, 11) is -3.35. The highest BCUT2D eigenvalue weighted by molar-refractivity contribution is 9.10. The molecule has 2 atom stereocenters. The van der Waals surface area contributed by atoms with E-state index in [-0.39, 0.29) is 0 Å². The fraction of sp³-hybridized carbons (Fsp3) is 0.571. The van der Waals surface area contributed by atoms with E-state index in [9.17, 15) is 8.42 Å². The van der Waals surface area contributed by atoms with Gasteiger partial charge in [0.25, 0.3) is 0 Å². The van der Waals surface area contributed by atoms with Gasteiger partial charge in [-0.25, -0.2) is 8.42 Å². The molecule has 1 fully saturated rings. The molecule has 1 heterocycles. The molecule has 2 rings (SSSR count). The Bertz CT molecular complexity index is 561. The number of nitrogens with zero attached hydrogens (tertiary/aromatic N) is 1. The number of halogens is 1. The second-order valence-electron chi connectivity index (χ2n) is 5.68. The van der Waals surface area contributed by atoms with Crippen molar-refractivity contribution in [3.8, 4) is 0 Å². The molecule has 0 aromatic heterocycles. The number of hydrogen-bond donors (Lipinski definition) is 0. The molecule has 3 nitrogen and oxygen atoms in total. The molecule has 1 saturated heterocycles. The average molecular weight is 346 g/mol. The zero-order chi connectivity index (χ0) is 14.2. The third-order valence-corrected chi connectivity index (χ3v) is 6.32. The third-order valence-electron chi connectivity index (χ3n) is 3.60. The van der Waals surface area contributed by atoms with Crippen LogP contribution >= 0.6 is 15.9 Å². The second-order valence-corrected chi connectivity index (χ2v) is 8.47. The number of sulfonamides is 1. The molecule has 1 aromatic carbocycles.